The molecule has 6 heterocycles. The summed E-state index contributed by atoms with van der Waals surface area (Å²) in [5, 5.41) is 19.2. The summed E-state index contributed by atoms with van der Waals surface area (Å²) in [5.41, 5.74) is 28.0. The lowest BCUT2D eigenvalue weighted by Crippen LogP contribution is -2.14. The average molecular weight is 1600 g/mol. The summed E-state index contributed by atoms with van der Waals surface area (Å²) in [4.78, 5) is 66.7. The third-order valence-corrected chi connectivity index (χ3v) is 24.6. The molecule has 0 spiro atoms. The molecule has 24 aromatic rings. The van der Waals surface area contributed by atoms with Gasteiger partial charge < -0.3 is 0 Å². The number of aryl methyl sites for hydroxylation is 2. The lowest BCUT2D eigenvalue weighted by molar-refractivity contribution is 1.19. The Morgan fingerprint density at radius 1 is 0.272 bits per heavy atom. The molecule has 0 saturated carbocycles. The van der Waals surface area contributed by atoms with Crippen LogP contribution in [0.5, 0.6) is 0 Å². The van der Waals surface area contributed by atoms with E-state index in [0.717, 1.165) is 193 Å². The maximum atomic E-state index is 14.5. The van der Waals surface area contributed by atoms with Crippen LogP contribution >= 0.6 is 0 Å². The summed E-state index contributed by atoms with van der Waals surface area (Å²) in [7, 11) is 0. The van der Waals surface area contributed by atoms with Crippen molar-refractivity contribution in [2.24, 2.45) is 0 Å². The van der Waals surface area contributed by atoms with Gasteiger partial charge in [-0.25, -0.2) is 24.6 Å². The van der Waals surface area contributed by atoms with Gasteiger partial charge in [0.05, 0.1) is 57.9 Å². The van der Waals surface area contributed by atoms with Crippen LogP contribution in [0.4, 0.5) is 11.4 Å². The first-order chi connectivity index (χ1) is 61.5. The molecule has 6 aromatic heterocycles. The zero-order valence-corrected chi connectivity index (χ0v) is 67.5. The van der Waals surface area contributed by atoms with Crippen molar-refractivity contribution in [2.45, 2.75) is 13.8 Å². The van der Waals surface area contributed by atoms with Crippen LogP contribution in [-0.2, 0) is 0 Å². The van der Waals surface area contributed by atoms with Gasteiger partial charge in [0, 0.05) is 65.3 Å². The van der Waals surface area contributed by atoms with Gasteiger partial charge in [-0.15, -0.1) is 0 Å². The first-order valence-electron chi connectivity index (χ1n) is 41.3. The van der Waals surface area contributed by atoms with Gasteiger partial charge in [-0.2, -0.15) is 5.26 Å². The van der Waals surface area contributed by atoms with Crippen LogP contribution in [0.2, 0.25) is 0 Å². The second kappa shape index (κ2) is 29.9. The summed E-state index contributed by atoms with van der Waals surface area (Å²) in [5.74, 6) is 0. The fourth-order valence-corrected chi connectivity index (χ4v) is 18.9. The van der Waals surface area contributed by atoms with Crippen LogP contribution in [-0.4, -0.2) is 28.2 Å². The molecular weight excluding hydrogens is 1530 g/mol. The van der Waals surface area contributed by atoms with Crippen LogP contribution in [0.15, 0.2) is 384 Å². The van der Waals surface area contributed by atoms with E-state index < -0.39 is 0 Å². The summed E-state index contributed by atoms with van der Waals surface area (Å²) in [6.07, 6.45) is 0. The minimum atomic E-state index is -0.142. The molecule has 0 aliphatic rings. The van der Waals surface area contributed by atoms with Gasteiger partial charge in [-0.05, 0) is 167 Å². The van der Waals surface area contributed by atoms with Crippen molar-refractivity contribution >= 4 is 126 Å². The molecule has 0 fully saturated rings. The number of imidazole rings is 3. The van der Waals surface area contributed by atoms with E-state index in [1.807, 2.05) is 188 Å². The van der Waals surface area contributed by atoms with E-state index in [2.05, 4.69) is 187 Å². The molecule has 0 unspecified atom stereocenters. The first-order valence-corrected chi connectivity index (χ1v) is 41.3. The molecule has 0 saturated heterocycles. The highest BCUT2D eigenvalue weighted by atomic mass is 16.1. The summed E-state index contributed by atoms with van der Waals surface area (Å²) in [6.45, 7) is 20.1. The van der Waals surface area contributed by atoms with Gasteiger partial charge in [0.25, 0.3) is 16.7 Å². The van der Waals surface area contributed by atoms with Gasteiger partial charge in [-0.1, -0.05) is 328 Å². The number of hydrogen-bond acceptors (Lipinski definition) is 7. The van der Waals surface area contributed by atoms with Crippen molar-refractivity contribution in [1.29, 1.82) is 5.26 Å². The van der Waals surface area contributed by atoms with E-state index in [-0.39, 0.29) is 16.7 Å². The van der Waals surface area contributed by atoms with Gasteiger partial charge in [0.2, 0.25) is 0 Å². The van der Waals surface area contributed by atoms with Crippen LogP contribution < -0.4 is 16.7 Å². The average Bonchev–Trinajstić information content (AvgIpc) is 1.61. The molecule has 0 bridgehead atoms. The van der Waals surface area contributed by atoms with E-state index >= 15 is 0 Å². The normalized spacial score (nSPS) is 11.5. The van der Waals surface area contributed by atoms with E-state index in [4.69, 9.17) is 28.1 Å². The van der Waals surface area contributed by atoms with E-state index in [1.165, 1.54) is 0 Å². The Bertz CT molecular complexity index is 8770. The van der Waals surface area contributed by atoms with Gasteiger partial charge in [0.1, 0.15) is 16.9 Å². The Balaban J connectivity index is 0.000000111. The van der Waals surface area contributed by atoms with Crippen molar-refractivity contribution in [2.75, 3.05) is 0 Å². The fourth-order valence-electron chi connectivity index (χ4n) is 18.9. The molecule has 12 nitrogen and oxygen atoms in total. The van der Waals surface area contributed by atoms with Crippen LogP contribution in [0.3, 0.4) is 0 Å². The number of aromatic nitrogens is 6. The standard InChI is InChI=1S/2C38H23N3O.C37H21N3O/c1-23-11-9-10-16-27(23)28-17-18-29-34-30(19-20-32(39-2)35(28)34)38(42)41-33-22-26(24-12-5-3-6-13-24)21-31(36(33)40-37(29)41)25-14-7-4-8-15-25;1-23-11-9-10-16-27(23)28-17-18-29-34-30(19-20-32(39-2)35(28)34)38(42)41-36-31(25-14-7-4-8-15-25)21-26(22-33(36)40-37(29)41)24-12-5-3-6-13-24;38-22-26-16-17-30-33-31(21-18-27(32(26)33)23-10-4-1-5-11-23)37(41)40-35-29(25-14-8-3-9-15-25)20-19-28(34(35)39-36(30)40)24-12-6-2-7-13-24/h2*3-22H,1H3;1-21H. The Morgan fingerprint density at radius 2 is 0.624 bits per heavy atom. The molecular formula is C113H67N9O3. The van der Waals surface area contributed by atoms with Gasteiger partial charge in [0.15, 0.2) is 11.4 Å². The minimum Gasteiger partial charge on any atom is -0.268 e. The molecule has 18 aromatic carbocycles. The lowest BCUT2D eigenvalue weighted by Gasteiger charge is -2.15. The highest BCUT2D eigenvalue weighted by molar-refractivity contribution is 6.26. The molecule has 0 N–H and O–H groups in total. The highest BCUT2D eigenvalue weighted by Gasteiger charge is 2.28. The minimum absolute atomic E-state index is 0.131. The molecule has 0 aliphatic carbocycles. The van der Waals surface area contributed by atoms with E-state index in [0.29, 0.717) is 50.0 Å². The predicted octanol–water partition coefficient (Wildman–Crippen LogP) is 27.4. The van der Waals surface area contributed by atoms with Crippen molar-refractivity contribution < 1.29 is 0 Å². The zero-order valence-electron chi connectivity index (χ0n) is 67.5. The Labute approximate surface area is 715 Å². The van der Waals surface area contributed by atoms with Crippen LogP contribution in [0, 0.1) is 38.3 Å². The summed E-state index contributed by atoms with van der Waals surface area (Å²) < 4.78 is 5.31. The van der Waals surface area contributed by atoms with Gasteiger partial charge in [-0.3, -0.25) is 27.6 Å². The van der Waals surface area contributed by atoms with Crippen molar-refractivity contribution in [3.63, 3.8) is 0 Å². The lowest BCUT2D eigenvalue weighted by atomic mass is 9.91. The summed E-state index contributed by atoms with van der Waals surface area (Å²) in [6, 6.07) is 126. The summed E-state index contributed by atoms with van der Waals surface area (Å²) >= 11 is 0. The number of benzene rings is 18. The number of fused-ring (bicyclic) bond motifs is 12. The van der Waals surface area contributed by atoms with Crippen molar-refractivity contribution in [3.8, 4) is 106 Å². The Morgan fingerprint density at radius 3 is 1.12 bits per heavy atom. The number of nitriles is 1. The fraction of sp³-hybridized carbons (Fsp3) is 0.0177. The number of nitrogens with zero attached hydrogens (tertiary/aromatic N) is 9. The van der Waals surface area contributed by atoms with E-state index in [1.54, 1.807) is 37.5 Å². The second-order valence-electron chi connectivity index (χ2n) is 31.6. The van der Waals surface area contributed by atoms with Crippen molar-refractivity contribution in [1.82, 2.24) is 28.2 Å². The monoisotopic (exact) mass is 1600 g/mol. The molecule has 0 radical (unpaired) electrons. The van der Waals surface area contributed by atoms with Gasteiger partial charge >= 0.3 is 0 Å². The number of pyridine rings is 3. The highest BCUT2D eigenvalue weighted by Crippen LogP contribution is 2.48. The molecule has 0 atom stereocenters. The smallest absolute Gasteiger partial charge is 0.264 e. The largest absolute Gasteiger partial charge is 0.268 e. The topological polar surface area (TPSA) is 136 Å². The zero-order chi connectivity index (χ0) is 84.2. The molecule has 24 rings (SSSR count). The molecule has 0 aliphatic heterocycles. The third kappa shape index (κ3) is 11.9. The molecule has 0 amide bonds. The third-order valence-electron chi connectivity index (χ3n) is 24.6. The SMILES string of the molecule is N#Cc1ccc2c3c1c(-c1ccccc1)ccc3c(=O)n1c2nc2c(-c3ccccc3)ccc(-c3ccccc3)c21.[C-]#[N+]c1ccc2c(=O)n3c(nc4cc(-c5ccccc5)cc(-c5ccccc5)c43)c3ccc(-c4ccccc4C)c1c23.[C-]#[N+]c1ccc2c(=O)n3c4cc(-c5ccccc5)cc(-c5ccccc5)c4nc3c3ccc(-c4ccccc4C)c1c23. The van der Waals surface area contributed by atoms with Crippen LogP contribution in [0.25, 0.3) is 225 Å². The molecule has 12 heteroatoms. The van der Waals surface area contributed by atoms with E-state index in [9.17, 15) is 19.6 Å². The number of rotatable bonds is 9. The molecule has 125 heavy (non-hydrogen) atoms. The van der Waals surface area contributed by atoms with Crippen LogP contribution in [0.1, 0.15) is 16.7 Å². The quantitative estimate of drug-likeness (QED) is 0.131. The maximum absolute atomic E-state index is 14.5. The molecule has 582 valence electrons. The Hall–Kier alpha value is -17.4. The second-order valence-corrected chi connectivity index (χ2v) is 31.6. The Kier molecular flexibility index (Phi) is 17.7. The predicted molar refractivity (Wildman–Crippen MR) is 511 cm³/mol. The number of hydrogen-bond donors (Lipinski definition) is 0. The first kappa shape index (κ1) is 74.0. The van der Waals surface area contributed by atoms with Crippen molar-refractivity contribution in [3.05, 3.63) is 441 Å². The maximum Gasteiger partial charge on any atom is 0.264 e.